The first-order valence-electron chi connectivity index (χ1n) is 8.25. The van der Waals surface area contributed by atoms with Crippen LogP contribution in [0.2, 0.25) is 0 Å². The predicted octanol–water partition coefficient (Wildman–Crippen LogP) is 4.43. The molecule has 118 valence electrons. The molecular formula is C21H19N3. The first kappa shape index (κ1) is 14.7. The number of likely N-dealkylation sites (N-methyl/N-ethyl adjacent to an activating group) is 1. The van der Waals surface area contributed by atoms with Gasteiger partial charge in [-0.1, -0.05) is 30.3 Å². The minimum absolute atomic E-state index is 0.715. The molecule has 3 nitrogen and oxygen atoms in total. The molecule has 1 N–H and O–H groups in total. The van der Waals surface area contributed by atoms with Crippen LogP contribution >= 0.6 is 0 Å². The topological polar surface area (TPSA) is 42.8 Å². The van der Waals surface area contributed by atoms with E-state index in [-0.39, 0.29) is 0 Å². The number of hydrogen-bond donors (Lipinski definition) is 1. The van der Waals surface area contributed by atoms with E-state index in [0.717, 1.165) is 36.2 Å². The van der Waals surface area contributed by atoms with Crippen molar-refractivity contribution in [3.63, 3.8) is 0 Å². The molecular weight excluding hydrogens is 294 g/mol. The van der Waals surface area contributed by atoms with Gasteiger partial charge in [-0.2, -0.15) is 5.26 Å². The van der Waals surface area contributed by atoms with Crippen molar-refractivity contribution < 1.29 is 0 Å². The SMILES string of the molecule is CN1CC=C(c2c[nH]c3ccc(-c4ccccc4C#N)cc23)CC1. The lowest BCUT2D eigenvalue weighted by molar-refractivity contribution is 0.370. The first-order valence-corrected chi connectivity index (χ1v) is 8.25. The van der Waals surface area contributed by atoms with Crippen molar-refractivity contribution >= 4 is 16.5 Å². The smallest absolute Gasteiger partial charge is 0.0998 e. The first-order chi connectivity index (χ1) is 11.8. The standard InChI is InChI=1S/C21H19N3/c1-24-10-8-15(9-11-24)20-14-23-21-7-6-16(12-19(20)21)18-5-3-2-4-17(18)13-22/h2-8,12,14,23H,9-11H2,1H3. The minimum atomic E-state index is 0.715. The second-order valence-corrected chi connectivity index (χ2v) is 6.36. The number of nitriles is 1. The van der Waals surface area contributed by atoms with Crippen molar-refractivity contribution in [2.45, 2.75) is 6.42 Å². The maximum Gasteiger partial charge on any atom is 0.0998 e. The van der Waals surface area contributed by atoms with Crippen molar-refractivity contribution in [2.75, 3.05) is 20.1 Å². The maximum atomic E-state index is 9.37. The van der Waals surface area contributed by atoms with Crippen LogP contribution in [0.3, 0.4) is 0 Å². The Balaban J connectivity index is 1.84. The molecule has 1 aliphatic rings. The van der Waals surface area contributed by atoms with Crippen LogP contribution in [-0.2, 0) is 0 Å². The summed E-state index contributed by atoms with van der Waals surface area (Å²) in [4.78, 5) is 5.71. The Hall–Kier alpha value is -2.83. The van der Waals surface area contributed by atoms with Gasteiger partial charge in [-0.05, 0) is 48.4 Å². The zero-order valence-electron chi connectivity index (χ0n) is 13.7. The molecule has 0 saturated heterocycles. The lowest BCUT2D eigenvalue weighted by Gasteiger charge is -2.21. The van der Waals surface area contributed by atoms with Crippen molar-refractivity contribution in [2.24, 2.45) is 0 Å². The number of fused-ring (bicyclic) bond motifs is 1. The Labute approximate surface area is 141 Å². The summed E-state index contributed by atoms with van der Waals surface area (Å²) in [5, 5.41) is 10.6. The summed E-state index contributed by atoms with van der Waals surface area (Å²) >= 11 is 0. The van der Waals surface area contributed by atoms with E-state index in [2.05, 4.69) is 53.5 Å². The summed E-state index contributed by atoms with van der Waals surface area (Å²) in [6, 6.07) is 16.5. The molecule has 2 heterocycles. The number of nitrogens with one attached hydrogen (secondary N) is 1. The van der Waals surface area contributed by atoms with Crippen molar-refractivity contribution in [3.05, 3.63) is 65.9 Å². The molecule has 0 saturated carbocycles. The van der Waals surface area contributed by atoms with Gasteiger partial charge in [-0.3, -0.25) is 0 Å². The summed E-state index contributed by atoms with van der Waals surface area (Å²) in [5.74, 6) is 0. The number of H-pyrrole nitrogens is 1. The number of benzene rings is 2. The van der Waals surface area contributed by atoms with Gasteiger partial charge < -0.3 is 9.88 Å². The van der Waals surface area contributed by atoms with Crippen LogP contribution in [0.15, 0.2) is 54.7 Å². The lowest BCUT2D eigenvalue weighted by atomic mass is 9.95. The molecule has 0 amide bonds. The van der Waals surface area contributed by atoms with Crippen molar-refractivity contribution in [1.29, 1.82) is 5.26 Å². The highest BCUT2D eigenvalue weighted by atomic mass is 15.1. The molecule has 24 heavy (non-hydrogen) atoms. The molecule has 0 radical (unpaired) electrons. The highest BCUT2D eigenvalue weighted by molar-refractivity contribution is 5.95. The third-order valence-corrected chi connectivity index (χ3v) is 4.80. The lowest BCUT2D eigenvalue weighted by Crippen LogP contribution is -2.23. The monoisotopic (exact) mass is 313 g/mol. The van der Waals surface area contributed by atoms with Gasteiger partial charge in [-0.15, -0.1) is 0 Å². The summed E-state index contributed by atoms with van der Waals surface area (Å²) in [5.41, 5.74) is 6.63. The highest BCUT2D eigenvalue weighted by Gasteiger charge is 2.14. The van der Waals surface area contributed by atoms with Gasteiger partial charge in [0.25, 0.3) is 0 Å². The number of aromatic nitrogens is 1. The second-order valence-electron chi connectivity index (χ2n) is 6.36. The number of rotatable bonds is 2. The number of hydrogen-bond acceptors (Lipinski definition) is 2. The van der Waals surface area contributed by atoms with E-state index in [1.54, 1.807) is 0 Å². The van der Waals surface area contributed by atoms with E-state index in [0.29, 0.717) is 5.56 Å². The molecule has 1 aromatic heterocycles. The molecule has 0 spiro atoms. The molecule has 0 aliphatic carbocycles. The van der Waals surface area contributed by atoms with Gasteiger partial charge in [0.15, 0.2) is 0 Å². The fourth-order valence-corrected chi connectivity index (χ4v) is 3.40. The molecule has 0 fully saturated rings. The Morgan fingerprint density at radius 3 is 2.79 bits per heavy atom. The van der Waals surface area contributed by atoms with Crippen LogP contribution in [0.5, 0.6) is 0 Å². The Morgan fingerprint density at radius 1 is 1.12 bits per heavy atom. The van der Waals surface area contributed by atoms with Crippen LogP contribution in [0.4, 0.5) is 0 Å². The normalized spacial score (nSPS) is 15.2. The van der Waals surface area contributed by atoms with Crippen LogP contribution in [0.25, 0.3) is 27.6 Å². The van der Waals surface area contributed by atoms with Gasteiger partial charge in [0.05, 0.1) is 11.6 Å². The van der Waals surface area contributed by atoms with Crippen LogP contribution in [0.1, 0.15) is 17.5 Å². The van der Waals surface area contributed by atoms with Crippen LogP contribution in [0, 0.1) is 11.3 Å². The zero-order chi connectivity index (χ0) is 16.5. The quantitative estimate of drug-likeness (QED) is 0.760. The Kier molecular flexibility index (Phi) is 3.68. The third-order valence-electron chi connectivity index (χ3n) is 4.80. The van der Waals surface area contributed by atoms with E-state index in [1.165, 1.54) is 16.5 Å². The van der Waals surface area contributed by atoms with Gasteiger partial charge in [0.1, 0.15) is 0 Å². The van der Waals surface area contributed by atoms with E-state index in [9.17, 15) is 5.26 Å². The fraction of sp³-hybridized carbons (Fsp3) is 0.190. The number of aromatic amines is 1. The van der Waals surface area contributed by atoms with Gasteiger partial charge in [-0.25, -0.2) is 0 Å². The van der Waals surface area contributed by atoms with Crippen molar-refractivity contribution in [1.82, 2.24) is 9.88 Å². The summed E-state index contributed by atoms with van der Waals surface area (Å²) in [6.45, 7) is 2.09. The Bertz CT molecular complexity index is 972. The summed E-state index contributed by atoms with van der Waals surface area (Å²) in [6.07, 6.45) is 5.51. The molecule has 1 aliphatic heterocycles. The van der Waals surface area contributed by atoms with Crippen LogP contribution < -0.4 is 0 Å². The average molecular weight is 313 g/mol. The van der Waals surface area contributed by atoms with E-state index >= 15 is 0 Å². The predicted molar refractivity (Wildman–Crippen MR) is 98.5 cm³/mol. The minimum Gasteiger partial charge on any atom is -0.361 e. The largest absolute Gasteiger partial charge is 0.361 e. The van der Waals surface area contributed by atoms with Gasteiger partial charge >= 0.3 is 0 Å². The summed E-state index contributed by atoms with van der Waals surface area (Å²) < 4.78 is 0. The van der Waals surface area contributed by atoms with E-state index < -0.39 is 0 Å². The maximum absolute atomic E-state index is 9.37. The second kappa shape index (κ2) is 5.99. The Morgan fingerprint density at radius 2 is 2.00 bits per heavy atom. The van der Waals surface area contributed by atoms with E-state index in [1.807, 2.05) is 24.3 Å². The van der Waals surface area contributed by atoms with Gasteiger partial charge in [0.2, 0.25) is 0 Å². The van der Waals surface area contributed by atoms with E-state index in [4.69, 9.17) is 0 Å². The number of nitrogens with zero attached hydrogens (tertiary/aromatic N) is 2. The molecule has 3 aromatic rings. The van der Waals surface area contributed by atoms with Gasteiger partial charge in [0, 0.05) is 35.8 Å². The fourth-order valence-electron chi connectivity index (χ4n) is 3.40. The molecule has 3 heteroatoms. The zero-order valence-corrected chi connectivity index (χ0v) is 13.7. The molecule has 4 rings (SSSR count). The molecule has 2 aromatic carbocycles. The molecule has 0 bridgehead atoms. The third kappa shape index (κ3) is 2.51. The van der Waals surface area contributed by atoms with Crippen molar-refractivity contribution in [3.8, 4) is 17.2 Å². The molecule has 0 atom stereocenters. The molecule has 0 unspecified atom stereocenters. The average Bonchev–Trinajstić information content (AvgIpc) is 3.05. The van der Waals surface area contributed by atoms with Crippen LogP contribution in [-0.4, -0.2) is 30.0 Å². The summed E-state index contributed by atoms with van der Waals surface area (Å²) in [7, 11) is 2.15. The highest BCUT2D eigenvalue weighted by Crippen LogP contribution is 2.33.